The predicted octanol–water partition coefficient (Wildman–Crippen LogP) is 5.27. The maximum atomic E-state index is 13.5. The highest BCUT2D eigenvalue weighted by Gasteiger charge is 2.56. The Morgan fingerprint density at radius 2 is 1.23 bits per heavy atom. The molecule has 0 saturated carbocycles. The number of esters is 1. The Balaban J connectivity index is 0.000000246. The summed E-state index contributed by atoms with van der Waals surface area (Å²) >= 11 is 0. The van der Waals surface area contributed by atoms with Crippen LogP contribution in [0, 0.1) is 0 Å². The monoisotopic (exact) mass is 647 g/mol. The van der Waals surface area contributed by atoms with E-state index in [0.717, 1.165) is 99.8 Å². The summed E-state index contributed by atoms with van der Waals surface area (Å²) in [7, 11) is 0. The average molecular weight is 648 g/mol. The summed E-state index contributed by atoms with van der Waals surface area (Å²) < 4.78 is 13.7. The molecule has 1 spiro atoms. The number of imide groups is 1. The molecule has 0 aromatic heterocycles. The molecule has 10 heteroatoms. The summed E-state index contributed by atoms with van der Waals surface area (Å²) in [6, 6.07) is 12.7. The van der Waals surface area contributed by atoms with Gasteiger partial charge in [0, 0.05) is 85.1 Å². The topological polar surface area (TPSA) is 106 Å². The highest BCUT2D eigenvalue weighted by atomic mass is 16.7. The first kappa shape index (κ1) is 29.3. The molecule has 7 heterocycles. The van der Waals surface area contributed by atoms with Crippen LogP contribution < -0.4 is 14.5 Å². The molecule has 0 radical (unpaired) electrons. The molecular formula is C38H37N3O7. The van der Waals surface area contributed by atoms with E-state index < -0.39 is 23.4 Å². The SMILES string of the molecule is CC(=O)ON1C(=O)CCC1=O.O=C1OC2(c3ccccc31)c1cc3c4c(c1Oc1c2cc2c5c1CCCN5CCC2)CCCN4CCC3. The molecule has 10 rings (SSSR count). The van der Waals surface area contributed by atoms with Gasteiger partial charge in [-0.25, -0.2) is 9.59 Å². The molecule has 0 atom stereocenters. The summed E-state index contributed by atoms with van der Waals surface area (Å²) in [5, 5.41) is 0.516. The zero-order valence-electron chi connectivity index (χ0n) is 27.1. The Morgan fingerprint density at radius 3 is 1.77 bits per heavy atom. The van der Waals surface area contributed by atoms with Crippen molar-refractivity contribution in [3.05, 3.63) is 80.9 Å². The summed E-state index contributed by atoms with van der Waals surface area (Å²) in [4.78, 5) is 54.8. The normalized spacial score (nSPS) is 20.4. The molecule has 7 aliphatic heterocycles. The summed E-state index contributed by atoms with van der Waals surface area (Å²) in [5.41, 5.74) is 11.0. The van der Waals surface area contributed by atoms with E-state index in [4.69, 9.17) is 9.47 Å². The number of hydrogen-bond donors (Lipinski definition) is 0. The van der Waals surface area contributed by atoms with E-state index in [2.05, 4.69) is 32.8 Å². The van der Waals surface area contributed by atoms with Crippen molar-refractivity contribution < 1.29 is 33.5 Å². The largest absolute Gasteiger partial charge is 0.456 e. The number of rotatable bonds is 1. The van der Waals surface area contributed by atoms with Crippen molar-refractivity contribution in [2.75, 3.05) is 36.0 Å². The number of nitrogens with zero attached hydrogens (tertiary/aromatic N) is 3. The van der Waals surface area contributed by atoms with Crippen LogP contribution in [0.3, 0.4) is 0 Å². The van der Waals surface area contributed by atoms with Gasteiger partial charge >= 0.3 is 11.9 Å². The van der Waals surface area contributed by atoms with Crippen molar-refractivity contribution in [3.8, 4) is 11.5 Å². The van der Waals surface area contributed by atoms with Gasteiger partial charge in [0.15, 0.2) is 5.60 Å². The lowest BCUT2D eigenvalue weighted by atomic mass is 9.73. The highest BCUT2D eigenvalue weighted by molar-refractivity contribution is 6.01. The smallest absolute Gasteiger partial charge is 0.340 e. The highest BCUT2D eigenvalue weighted by Crippen LogP contribution is 2.61. The van der Waals surface area contributed by atoms with Crippen molar-refractivity contribution in [1.29, 1.82) is 0 Å². The fourth-order valence-corrected chi connectivity index (χ4v) is 9.07. The fraction of sp³-hybridized carbons (Fsp3) is 0.421. The Labute approximate surface area is 278 Å². The Hall–Kier alpha value is -4.86. The minimum absolute atomic E-state index is 0.131. The van der Waals surface area contributed by atoms with Crippen LogP contribution in [0.5, 0.6) is 11.5 Å². The van der Waals surface area contributed by atoms with Crippen LogP contribution in [0.2, 0.25) is 0 Å². The van der Waals surface area contributed by atoms with Crippen molar-refractivity contribution in [2.45, 2.75) is 76.7 Å². The molecule has 3 aromatic carbocycles. The van der Waals surface area contributed by atoms with E-state index in [0.29, 0.717) is 10.6 Å². The van der Waals surface area contributed by atoms with Crippen LogP contribution in [0.25, 0.3) is 0 Å². The zero-order valence-corrected chi connectivity index (χ0v) is 27.1. The number of carbonyl (C=O) groups excluding carboxylic acids is 4. The summed E-state index contributed by atoms with van der Waals surface area (Å²) in [6.07, 6.45) is 9.01. The molecule has 7 aliphatic rings. The molecule has 3 aromatic rings. The molecule has 1 fully saturated rings. The fourth-order valence-electron chi connectivity index (χ4n) is 9.07. The molecule has 0 aliphatic carbocycles. The van der Waals surface area contributed by atoms with E-state index in [1.165, 1.54) is 46.5 Å². The van der Waals surface area contributed by atoms with Crippen LogP contribution >= 0.6 is 0 Å². The van der Waals surface area contributed by atoms with Gasteiger partial charge in [0.1, 0.15) is 11.5 Å². The molecule has 246 valence electrons. The summed E-state index contributed by atoms with van der Waals surface area (Å²) in [6.45, 7) is 5.61. The van der Waals surface area contributed by atoms with Crippen molar-refractivity contribution in [1.82, 2.24) is 5.06 Å². The molecule has 2 amide bonds. The number of carbonyl (C=O) groups is 4. The van der Waals surface area contributed by atoms with Crippen molar-refractivity contribution >= 4 is 35.1 Å². The first-order valence-electron chi connectivity index (χ1n) is 17.3. The van der Waals surface area contributed by atoms with Crippen molar-refractivity contribution in [2.24, 2.45) is 0 Å². The van der Waals surface area contributed by atoms with Gasteiger partial charge in [-0.05, 0) is 80.7 Å². The number of amides is 2. The van der Waals surface area contributed by atoms with Gasteiger partial charge in [-0.1, -0.05) is 18.2 Å². The van der Waals surface area contributed by atoms with Crippen LogP contribution in [0.1, 0.15) is 94.8 Å². The molecular weight excluding hydrogens is 610 g/mol. The van der Waals surface area contributed by atoms with Crippen LogP contribution in [-0.4, -0.2) is 55.0 Å². The Morgan fingerprint density at radius 1 is 0.708 bits per heavy atom. The standard InChI is InChI=1S/C32H30N2O3.C6H7NO4/c35-31-21-9-1-2-12-24(21)32(37-31)25-17-19-7-3-13-33-15-5-10-22(27(19)33)29(25)36-30-23-11-6-16-34-14-4-8-20(28(23)34)18-26(30)32;1-4(8)11-7-5(9)2-3-6(7)10/h1-2,9,12,17-18H,3-8,10-11,13-16H2;2-3H2,1H3. The number of hydrogen-bond acceptors (Lipinski definition) is 9. The van der Waals surface area contributed by atoms with Crippen LogP contribution in [0.15, 0.2) is 36.4 Å². The number of ether oxygens (including phenoxy) is 2. The van der Waals surface area contributed by atoms with E-state index in [1.807, 2.05) is 18.2 Å². The van der Waals surface area contributed by atoms with Gasteiger partial charge in [0.2, 0.25) is 0 Å². The number of benzene rings is 3. The number of fused-ring (bicyclic) bond motifs is 8. The van der Waals surface area contributed by atoms with Gasteiger partial charge in [-0.3, -0.25) is 9.59 Å². The second-order valence-electron chi connectivity index (χ2n) is 13.8. The molecule has 48 heavy (non-hydrogen) atoms. The molecule has 1 saturated heterocycles. The zero-order chi connectivity index (χ0) is 32.7. The first-order valence-corrected chi connectivity index (χ1v) is 17.3. The van der Waals surface area contributed by atoms with Gasteiger partial charge in [-0.15, -0.1) is 5.06 Å². The number of hydroxylamine groups is 2. The minimum atomic E-state index is -0.951. The minimum Gasteiger partial charge on any atom is -0.456 e. The third kappa shape index (κ3) is 4.17. The molecule has 0 bridgehead atoms. The molecule has 10 nitrogen and oxygen atoms in total. The quantitative estimate of drug-likeness (QED) is 0.258. The third-order valence-corrected chi connectivity index (χ3v) is 10.9. The number of aryl methyl sites for hydroxylation is 2. The second kappa shape index (κ2) is 10.8. The Bertz CT molecular complexity index is 1850. The van der Waals surface area contributed by atoms with E-state index in [1.54, 1.807) is 0 Å². The predicted molar refractivity (Wildman–Crippen MR) is 175 cm³/mol. The van der Waals surface area contributed by atoms with Gasteiger partial charge < -0.3 is 24.1 Å². The van der Waals surface area contributed by atoms with Crippen LogP contribution in [-0.2, 0) is 55.2 Å². The molecule has 0 N–H and O–H groups in total. The summed E-state index contributed by atoms with van der Waals surface area (Å²) in [5.74, 6) is 0.109. The number of anilines is 2. The lowest BCUT2D eigenvalue weighted by Gasteiger charge is -2.45. The van der Waals surface area contributed by atoms with E-state index >= 15 is 0 Å². The van der Waals surface area contributed by atoms with Gasteiger partial charge in [0.25, 0.3) is 11.8 Å². The third-order valence-electron chi connectivity index (χ3n) is 10.9. The van der Waals surface area contributed by atoms with E-state index in [9.17, 15) is 19.2 Å². The van der Waals surface area contributed by atoms with Gasteiger partial charge in [0.05, 0.1) is 5.56 Å². The van der Waals surface area contributed by atoms with Gasteiger partial charge in [-0.2, -0.15) is 0 Å². The maximum absolute atomic E-state index is 13.5. The lowest BCUT2D eigenvalue weighted by molar-refractivity contribution is -0.195. The average Bonchev–Trinajstić information content (AvgIpc) is 3.57. The lowest BCUT2D eigenvalue weighted by Crippen LogP contribution is -2.40. The Kier molecular flexibility index (Phi) is 6.61. The molecule has 0 unspecified atom stereocenters. The first-order chi connectivity index (χ1) is 23.3. The van der Waals surface area contributed by atoms with Crippen molar-refractivity contribution in [3.63, 3.8) is 0 Å². The second-order valence-corrected chi connectivity index (χ2v) is 13.8. The van der Waals surface area contributed by atoms with E-state index in [-0.39, 0.29) is 18.8 Å². The van der Waals surface area contributed by atoms with Crippen LogP contribution in [0.4, 0.5) is 11.4 Å². The maximum Gasteiger partial charge on any atom is 0.340 e.